The third kappa shape index (κ3) is 7.73. The number of hydrogen-bond donors (Lipinski definition) is 0. The number of alkyl halides is 2. The number of hydrogen-bond acceptors (Lipinski definition) is 9. The van der Waals surface area contributed by atoms with Gasteiger partial charge in [-0.05, 0) is 71.4 Å². The van der Waals surface area contributed by atoms with Crippen LogP contribution in [0, 0.1) is 5.82 Å². The Bertz CT molecular complexity index is 1890. The van der Waals surface area contributed by atoms with Gasteiger partial charge in [0.15, 0.2) is 5.65 Å². The molecule has 0 radical (unpaired) electrons. The minimum atomic E-state index is -3.22. The van der Waals surface area contributed by atoms with Crippen molar-refractivity contribution in [3.8, 4) is 22.5 Å². The van der Waals surface area contributed by atoms with Crippen LogP contribution in [0.4, 0.5) is 28.7 Å². The molecule has 12 nitrogen and oxygen atoms in total. The minimum absolute atomic E-state index is 0.186. The van der Waals surface area contributed by atoms with Crippen LogP contribution >= 0.6 is 0 Å². The lowest BCUT2D eigenvalue weighted by Crippen LogP contribution is -2.44. The lowest BCUT2D eigenvalue weighted by Gasteiger charge is -2.26. The second kappa shape index (κ2) is 12.1. The molecular weight excluding hydrogens is 617 g/mol. The summed E-state index contributed by atoms with van der Waals surface area (Å²) in [5.41, 5.74) is 0.374. The van der Waals surface area contributed by atoms with Gasteiger partial charge in [0, 0.05) is 30.4 Å². The Morgan fingerprint density at radius 1 is 0.830 bits per heavy atom. The predicted molar refractivity (Wildman–Crippen MR) is 165 cm³/mol. The number of ether oxygens (including phenoxy) is 2. The quantitative estimate of drug-likeness (QED) is 0.189. The van der Waals surface area contributed by atoms with E-state index in [1.165, 1.54) is 41.4 Å². The van der Waals surface area contributed by atoms with E-state index in [0.29, 0.717) is 27.4 Å². The fourth-order valence-corrected chi connectivity index (χ4v) is 4.56. The first-order valence-corrected chi connectivity index (χ1v) is 14.5. The monoisotopic (exact) mass is 650 g/mol. The number of fused-ring (bicyclic) bond motifs is 1. The first kappa shape index (κ1) is 33.0. The minimum Gasteiger partial charge on any atom is -0.443 e. The van der Waals surface area contributed by atoms with E-state index >= 15 is 0 Å². The first-order chi connectivity index (χ1) is 21.9. The van der Waals surface area contributed by atoms with Crippen LogP contribution in [0.15, 0.2) is 67.4 Å². The molecule has 0 N–H and O–H groups in total. The predicted octanol–water partition coefficient (Wildman–Crippen LogP) is 7.11. The summed E-state index contributed by atoms with van der Waals surface area (Å²) in [6, 6.07) is 6.65. The molecule has 0 bridgehead atoms. The third-order valence-electron chi connectivity index (χ3n) is 6.44. The highest BCUT2D eigenvalue weighted by Gasteiger charge is 2.38. The summed E-state index contributed by atoms with van der Waals surface area (Å²) >= 11 is 0. The van der Waals surface area contributed by atoms with Crippen molar-refractivity contribution in [2.24, 2.45) is 0 Å². The van der Waals surface area contributed by atoms with E-state index in [1.807, 2.05) is 0 Å². The number of aromatic nitrogens is 7. The van der Waals surface area contributed by atoms with Crippen LogP contribution in [0.1, 0.15) is 60.1 Å². The molecule has 1 atom stereocenters. The zero-order valence-electron chi connectivity index (χ0n) is 26.8. The standard InChI is InChI=1S/C32H33F3N8O4/c1-30(2,3)46-28(44)43(29(45)47-31(4,5)6)27-39-25-14-20(12-13-41(25)40-27)23-16-36-17-24(38-23)21-15-37-42(18-21)26(32(7,34)35)19-8-10-22(33)11-9-19/h8-18,26H,1-7H3/t26-/m1/s1. The molecule has 0 aliphatic rings. The van der Waals surface area contributed by atoms with Crippen LogP contribution in [0.5, 0.6) is 0 Å². The lowest BCUT2D eigenvalue weighted by atomic mass is 10.0. The van der Waals surface area contributed by atoms with Crippen molar-refractivity contribution in [2.45, 2.75) is 71.6 Å². The largest absolute Gasteiger partial charge is 0.443 e. The van der Waals surface area contributed by atoms with E-state index in [1.54, 1.807) is 59.9 Å². The van der Waals surface area contributed by atoms with E-state index in [4.69, 9.17) is 9.47 Å². The van der Waals surface area contributed by atoms with E-state index in [2.05, 4.69) is 25.1 Å². The number of halogens is 3. The molecule has 0 unspecified atom stereocenters. The number of nitrogens with zero attached hydrogens (tertiary/aromatic N) is 8. The third-order valence-corrected chi connectivity index (χ3v) is 6.44. The van der Waals surface area contributed by atoms with Crippen molar-refractivity contribution in [3.63, 3.8) is 0 Å². The zero-order chi connectivity index (χ0) is 34.3. The van der Waals surface area contributed by atoms with Crippen LogP contribution in [-0.4, -0.2) is 63.7 Å². The average molecular weight is 651 g/mol. The fourth-order valence-electron chi connectivity index (χ4n) is 4.56. The molecule has 2 amide bonds. The van der Waals surface area contributed by atoms with Crippen molar-refractivity contribution >= 4 is 23.8 Å². The number of imide groups is 1. The summed E-state index contributed by atoms with van der Waals surface area (Å²) in [6.45, 7) is 10.7. The molecule has 4 heterocycles. The molecule has 246 valence electrons. The van der Waals surface area contributed by atoms with Crippen LogP contribution < -0.4 is 4.90 Å². The van der Waals surface area contributed by atoms with Crippen molar-refractivity contribution in [1.82, 2.24) is 34.3 Å². The second-order valence-electron chi connectivity index (χ2n) is 12.8. The van der Waals surface area contributed by atoms with Gasteiger partial charge in [0.25, 0.3) is 11.9 Å². The number of carbonyl (C=O) groups is 2. The fraction of sp³-hybridized carbons (Fsp3) is 0.344. The molecule has 0 spiro atoms. The molecule has 1 aromatic carbocycles. The van der Waals surface area contributed by atoms with Crippen LogP contribution in [0.25, 0.3) is 28.2 Å². The lowest BCUT2D eigenvalue weighted by molar-refractivity contribution is -0.0217. The first-order valence-electron chi connectivity index (χ1n) is 14.5. The van der Waals surface area contributed by atoms with Gasteiger partial charge in [-0.2, -0.15) is 10.1 Å². The summed E-state index contributed by atoms with van der Waals surface area (Å²) in [6.07, 6.45) is 5.34. The van der Waals surface area contributed by atoms with Crippen molar-refractivity contribution in [1.29, 1.82) is 0 Å². The number of amides is 2. The van der Waals surface area contributed by atoms with Gasteiger partial charge < -0.3 is 9.47 Å². The molecule has 5 aromatic rings. The molecule has 0 saturated heterocycles. The number of carbonyl (C=O) groups excluding carboxylic acids is 2. The molecular formula is C32H33F3N8O4. The van der Waals surface area contributed by atoms with Gasteiger partial charge in [-0.1, -0.05) is 12.1 Å². The smallest absolute Gasteiger partial charge is 0.427 e. The molecule has 0 aliphatic heterocycles. The summed E-state index contributed by atoms with van der Waals surface area (Å²) in [5.74, 6) is -4.02. The molecule has 4 aromatic heterocycles. The average Bonchev–Trinajstić information content (AvgIpc) is 3.59. The maximum Gasteiger partial charge on any atom is 0.427 e. The van der Waals surface area contributed by atoms with Crippen LogP contribution in [-0.2, 0) is 9.47 Å². The maximum atomic E-state index is 14.7. The normalized spacial score (nSPS) is 13.0. The Labute approximate surface area is 268 Å². The van der Waals surface area contributed by atoms with Crippen LogP contribution in [0.2, 0.25) is 0 Å². The second-order valence-corrected chi connectivity index (χ2v) is 12.8. The van der Waals surface area contributed by atoms with E-state index in [9.17, 15) is 22.8 Å². The Kier molecular flexibility index (Phi) is 8.51. The number of anilines is 1. The van der Waals surface area contributed by atoms with Gasteiger partial charge in [-0.3, -0.25) is 9.67 Å². The Hall–Kier alpha value is -5.34. The molecule has 5 rings (SSSR count). The van der Waals surface area contributed by atoms with E-state index in [0.717, 1.165) is 23.7 Å². The number of rotatable bonds is 6. The molecule has 0 fully saturated rings. The van der Waals surface area contributed by atoms with Gasteiger partial charge in [0.2, 0.25) is 0 Å². The van der Waals surface area contributed by atoms with Crippen molar-refractivity contribution < 1.29 is 32.2 Å². The Morgan fingerprint density at radius 3 is 2.00 bits per heavy atom. The van der Waals surface area contributed by atoms with E-state index in [-0.39, 0.29) is 17.2 Å². The summed E-state index contributed by atoms with van der Waals surface area (Å²) in [7, 11) is 0. The maximum absolute atomic E-state index is 14.7. The van der Waals surface area contributed by atoms with Gasteiger partial charge >= 0.3 is 12.2 Å². The van der Waals surface area contributed by atoms with Crippen LogP contribution in [0.3, 0.4) is 0 Å². The Morgan fingerprint density at radius 2 is 1.43 bits per heavy atom. The van der Waals surface area contributed by atoms with Crippen molar-refractivity contribution in [3.05, 3.63) is 78.8 Å². The summed E-state index contributed by atoms with van der Waals surface area (Å²) in [4.78, 5) is 40.0. The molecule has 15 heteroatoms. The summed E-state index contributed by atoms with van der Waals surface area (Å²) in [5, 5.41) is 8.45. The summed E-state index contributed by atoms with van der Waals surface area (Å²) < 4.78 is 56.2. The van der Waals surface area contributed by atoms with Gasteiger partial charge in [0.1, 0.15) is 23.1 Å². The highest BCUT2D eigenvalue weighted by atomic mass is 19.3. The highest BCUT2D eigenvalue weighted by molar-refractivity contribution is 6.08. The van der Waals surface area contributed by atoms with E-state index < -0.39 is 41.2 Å². The number of benzene rings is 1. The molecule has 0 saturated carbocycles. The van der Waals surface area contributed by atoms with Gasteiger partial charge in [-0.15, -0.1) is 10.00 Å². The highest BCUT2D eigenvalue weighted by Crippen LogP contribution is 2.35. The van der Waals surface area contributed by atoms with Crippen molar-refractivity contribution in [2.75, 3.05) is 4.90 Å². The SMILES string of the molecule is CC(C)(C)OC(=O)N(C(=O)OC(C)(C)C)c1nc2cc(-c3cncc(-c4cnn([C@H](c5ccc(F)cc5)C(C)(F)F)c4)n3)ccn2n1. The molecule has 0 aliphatic carbocycles. The topological polar surface area (TPSA) is 130 Å². The van der Waals surface area contributed by atoms with Gasteiger partial charge in [0.05, 0.1) is 30.0 Å². The number of pyridine rings is 1. The zero-order valence-corrected chi connectivity index (χ0v) is 26.8. The molecule has 47 heavy (non-hydrogen) atoms. The Balaban J connectivity index is 1.46. The van der Waals surface area contributed by atoms with Gasteiger partial charge in [-0.25, -0.2) is 32.3 Å².